The van der Waals surface area contributed by atoms with Crippen LogP contribution >= 0.6 is 0 Å². The fourth-order valence-electron chi connectivity index (χ4n) is 4.18. The van der Waals surface area contributed by atoms with Crippen molar-refractivity contribution in [3.8, 4) is 0 Å². The van der Waals surface area contributed by atoms with Crippen molar-refractivity contribution >= 4 is 23.5 Å². The van der Waals surface area contributed by atoms with Crippen molar-refractivity contribution < 1.29 is 18.9 Å². The van der Waals surface area contributed by atoms with Crippen LogP contribution in [0.15, 0.2) is 40.9 Å². The number of carbonyl (C=O) groups excluding carboxylic acids is 3. The van der Waals surface area contributed by atoms with Crippen LogP contribution in [-0.4, -0.2) is 34.3 Å². The summed E-state index contributed by atoms with van der Waals surface area (Å²) >= 11 is 0. The van der Waals surface area contributed by atoms with Gasteiger partial charge in [0.05, 0.1) is 11.8 Å². The van der Waals surface area contributed by atoms with Gasteiger partial charge in [-0.3, -0.25) is 19.3 Å². The van der Waals surface area contributed by atoms with Crippen molar-refractivity contribution in [1.82, 2.24) is 10.1 Å². The van der Waals surface area contributed by atoms with E-state index in [0.29, 0.717) is 18.6 Å². The molecule has 1 N–H and O–H groups in total. The van der Waals surface area contributed by atoms with Gasteiger partial charge in [0.15, 0.2) is 5.82 Å². The van der Waals surface area contributed by atoms with Crippen LogP contribution in [0.3, 0.4) is 0 Å². The summed E-state index contributed by atoms with van der Waals surface area (Å²) in [5.41, 5.74) is 1.20. The highest BCUT2D eigenvalue weighted by atomic mass is 16.5. The molecule has 3 atom stereocenters. The van der Waals surface area contributed by atoms with Gasteiger partial charge in [-0.1, -0.05) is 35.5 Å². The molecule has 1 aromatic carbocycles. The molecule has 2 aliphatic rings. The summed E-state index contributed by atoms with van der Waals surface area (Å²) in [4.78, 5) is 38.8. The van der Waals surface area contributed by atoms with Crippen LogP contribution in [0.2, 0.25) is 0 Å². The molecule has 2 heterocycles. The smallest absolute Gasteiger partial charge is 0.245 e. The van der Waals surface area contributed by atoms with E-state index in [0.717, 1.165) is 11.3 Å². The molecule has 7 nitrogen and oxygen atoms in total. The molecule has 1 saturated carbocycles. The van der Waals surface area contributed by atoms with Crippen molar-refractivity contribution in [3.63, 3.8) is 0 Å². The zero-order valence-electron chi connectivity index (χ0n) is 15.1. The number of imide groups is 1. The first-order valence-corrected chi connectivity index (χ1v) is 9.16. The van der Waals surface area contributed by atoms with Gasteiger partial charge in [-0.05, 0) is 37.7 Å². The van der Waals surface area contributed by atoms with E-state index in [-0.39, 0.29) is 41.9 Å². The minimum absolute atomic E-state index is 0.233. The first-order chi connectivity index (χ1) is 13.0. The molecule has 4 rings (SSSR count). The largest absolute Gasteiger partial charge is 0.360 e. The van der Waals surface area contributed by atoms with E-state index in [1.807, 2.05) is 18.2 Å². The van der Waals surface area contributed by atoms with Gasteiger partial charge in [0.1, 0.15) is 12.3 Å². The third kappa shape index (κ3) is 3.37. The molecular formula is C20H21N3O4. The lowest BCUT2D eigenvalue weighted by Crippen LogP contribution is -2.38. The maximum Gasteiger partial charge on any atom is 0.245 e. The van der Waals surface area contributed by atoms with Crippen LogP contribution in [-0.2, 0) is 14.4 Å². The Morgan fingerprint density at radius 1 is 1.19 bits per heavy atom. The first-order valence-electron chi connectivity index (χ1n) is 9.16. The number of hydrogen-bond acceptors (Lipinski definition) is 5. The van der Waals surface area contributed by atoms with Crippen molar-refractivity contribution in [2.24, 2.45) is 11.8 Å². The summed E-state index contributed by atoms with van der Waals surface area (Å²) in [6, 6.07) is 11.7. The SMILES string of the molecule is Cc1cc(NC(=O)CN2C(=O)[C@H]3CC[C@@H](c4ccccc4)C[C@@H]3C2=O)no1. The third-order valence-electron chi connectivity index (χ3n) is 5.48. The summed E-state index contributed by atoms with van der Waals surface area (Å²) in [5, 5.41) is 6.25. The molecule has 2 aromatic rings. The van der Waals surface area contributed by atoms with E-state index in [1.165, 1.54) is 5.56 Å². The molecule has 7 heteroatoms. The topological polar surface area (TPSA) is 92.5 Å². The van der Waals surface area contributed by atoms with E-state index >= 15 is 0 Å². The summed E-state index contributed by atoms with van der Waals surface area (Å²) in [5.74, 6) is -0.452. The maximum atomic E-state index is 12.8. The Labute approximate surface area is 156 Å². The number of aryl methyl sites for hydroxylation is 1. The molecular weight excluding hydrogens is 346 g/mol. The average Bonchev–Trinajstić information content (AvgIpc) is 3.18. The predicted octanol–water partition coefficient (Wildman–Crippen LogP) is 2.49. The lowest BCUT2D eigenvalue weighted by Gasteiger charge is -2.28. The standard InChI is InChI=1S/C20H21N3O4/c1-12-9-17(22-27-12)21-18(24)11-23-19(25)15-8-7-14(10-16(15)20(23)26)13-5-3-2-4-6-13/h2-6,9,14-16H,7-8,10-11H2,1H3,(H,21,22,24)/t14-,15+,16+/m1/s1. The van der Waals surface area contributed by atoms with Crippen molar-refractivity contribution in [3.05, 3.63) is 47.7 Å². The summed E-state index contributed by atoms with van der Waals surface area (Å²) < 4.78 is 4.90. The van der Waals surface area contributed by atoms with Gasteiger partial charge in [-0.25, -0.2) is 0 Å². The van der Waals surface area contributed by atoms with E-state index in [4.69, 9.17) is 4.52 Å². The highest BCUT2D eigenvalue weighted by Gasteiger charge is 2.50. The van der Waals surface area contributed by atoms with Gasteiger partial charge in [0.25, 0.3) is 0 Å². The summed E-state index contributed by atoms with van der Waals surface area (Å²) in [7, 11) is 0. The number of hydrogen-bond donors (Lipinski definition) is 1. The van der Waals surface area contributed by atoms with E-state index in [2.05, 4.69) is 22.6 Å². The molecule has 0 radical (unpaired) electrons. The molecule has 0 spiro atoms. The van der Waals surface area contributed by atoms with Crippen LogP contribution < -0.4 is 5.32 Å². The molecule has 3 amide bonds. The normalized spacial score (nSPS) is 24.8. The van der Waals surface area contributed by atoms with Gasteiger partial charge >= 0.3 is 0 Å². The molecule has 0 unspecified atom stereocenters. The number of fused-ring (bicyclic) bond motifs is 1. The molecule has 1 saturated heterocycles. The summed E-state index contributed by atoms with van der Waals surface area (Å²) in [6.07, 6.45) is 2.21. The average molecular weight is 367 g/mol. The number of likely N-dealkylation sites (tertiary alicyclic amines) is 1. The van der Waals surface area contributed by atoms with Gasteiger partial charge in [0, 0.05) is 6.07 Å². The van der Waals surface area contributed by atoms with Gasteiger partial charge < -0.3 is 9.84 Å². The second kappa shape index (κ2) is 6.98. The number of amides is 3. The Morgan fingerprint density at radius 2 is 1.93 bits per heavy atom. The zero-order chi connectivity index (χ0) is 19.0. The van der Waals surface area contributed by atoms with Gasteiger partial charge in [-0.15, -0.1) is 0 Å². The van der Waals surface area contributed by atoms with Crippen LogP contribution in [0.4, 0.5) is 5.82 Å². The Balaban J connectivity index is 1.43. The molecule has 27 heavy (non-hydrogen) atoms. The highest BCUT2D eigenvalue weighted by Crippen LogP contribution is 2.44. The van der Waals surface area contributed by atoms with E-state index < -0.39 is 5.91 Å². The Hall–Kier alpha value is -2.96. The van der Waals surface area contributed by atoms with Gasteiger partial charge in [-0.2, -0.15) is 0 Å². The molecule has 0 bridgehead atoms. The quantitative estimate of drug-likeness (QED) is 0.838. The number of nitrogens with one attached hydrogen (secondary N) is 1. The number of carbonyl (C=O) groups is 3. The number of nitrogens with zero attached hydrogens (tertiary/aromatic N) is 2. The molecule has 1 aliphatic heterocycles. The molecule has 140 valence electrons. The minimum atomic E-state index is -0.455. The maximum absolute atomic E-state index is 12.8. The molecule has 1 aliphatic carbocycles. The number of rotatable bonds is 4. The second-order valence-corrected chi connectivity index (χ2v) is 7.27. The number of aromatic nitrogens is 1. The summed E-state index contributed by atoms with van der Waals surface area (Å²) in [6.45, 7) is 1.43. The number of anilines is 1. The van der Waals surface area contributed by atoms with Crippen molar-refractivity contribution in [2.45, 2.75) is 32.1 Å². The Kier molecular flexibility index (Phi) is 4.51. The Bertz CT molecular complexity index is 876. The van der Waals surface area contributed by atoms with E-state index in [9.17, 15) is 14.4 Å². The van der Waals surface area contributed by atoms with Crippen LogP contribution in [0.25, 0.3) is 0 Å². The lowest BCUT2D eigenvalue weighted by atomic mass is 9.73. The number of benzene rings is 1. The zero-order valence-corrected chi connectivity index (χ0v) is 15.1. The fraction of sp³-hybridized carbons (Fsp3) is 0.400. The van der Waals surface area contributed by atoms with Crippen molar-refractivity contribution in [1.29, 1.82) is 0 Å². The Morgan fingerprint density at radius 3 is 2.63 bits per heavy atom. The fourth-order valence-corrected chi connectivity index (χ4v) is 4.18. The molecule has 1 aromatic heterocycles. The lowest BCUT2D eigenvalue weighted by molar-refractivity contribution is -0.142. The van der Waals surface area contributed by atoms with Crippen LogP contribution in [0, 0.1) is 18.8 Å². The predicted molar refractivity (Wildman–Crippen MR) is 96.6 cm³/mol. The van der Waals surface area contributed by atoms with Crippen molar-refractivity contribution in [2.75, 3.05) is 11.9 Å². The van der Waals surface area contributed by atoms with E-state index in [1.54, 1.807) is 13.0 Å². The van der Waals surface area contributed by atoms with Crippen LogP contribution in [0.1, 0.15) is 36.5 Å². The first kappa shape index (κ1) is 17.5. The second-order valence-electron chi connectivity index (χ2n) is 7.27. The van der Waals surface area contributed by atoms with Gasteiger partial charge in [0.2, 0.25) is 17.7 Å². The highest BCUT2D eigenvalue weighted by molar-refractivity contribution is 6.08. The monoisotopic (exact) mass is 367 g/mol. The third-order valence-corrected chi connectivity index (χ3v) is 5.48. The minimum Gasteiger partial charge on any atom is -0.360 e. The van der Waals surface area contributed by atoms with Crippen LogP contribution in [0.5, 0.6) is 0 Å². The molecule has 2 fully saturated rings.